The van der Waals surface area contributed by atoms with Crippen LogP contribution in [0.5, 0.6) is 0 Å². The van der Waals surface area contributed by atoms with E-state index in [2.05, 4.69) is 37.5 Å². The molecule has 1 unspecified atom stereocenters. The molecule has 0 spiro atoms. The van der Waals surface area contributed by atoms with Gasteiger partial charge in [-0.05, 0) is 21.5 Å². The molecule has 0 fully saturated rings. The standard InChI is InChI=1S/C16H16BrN5O/c1-2-8-23-9-12(11-6-4-3-5-7-11)22-10-19-14(18)13-15(22)21-16(17)20-13/h2-7,10,12,18H,1,8-9H2,(H,20,21). The molecule has 1 atom stereocenters. The minimum atomic E-state index is -0.0954. The van der Waals surface area contributed by atoms with Crippen molar-refractivity contribution in [1.82, 2.24) is 19.5 Å². The molecule has 6 nitrogen and oxygen atoms in total. The van der Waals surface area contributed by atoms with Crippen LogP contribution in [0.1, 0.15) is 11.6 Å². The summed E-state index contributed by atoms with van der Waals surface area (Å²) in [6, 6.07) is 9.93. The lowest BCUT2D eigenvalue weighted by atomic mass is 10.1. The Kier molecular flexibility index (Phi) is 4.68. The first-order valence-electron chi connectivity index (χ1n) is 7.11. The molecule has 23 heavy (non-hydrogen) atoms. The molecule has 2 aromatic heterocycles. The van der Waals surface area contributed by atoms with E-state index < -0.39 is 0 Å². The number of rotatable bonds is 6. The molecular weight excluding hydrogens is 358 g/mol. The molecule has 2 heterocycles. The van der Waals surface area contributed by atoms with Crippen LogP contribution in [0.15, 0.2) is 54.0 Å². The monoisotopic (exact) mass is 373 g/mol. The first-order chi connectivity index (χ1) is 11.2. The van der Waals surface area contributed by atoms with Crippen LogP contribution in [0.3, 0.4) is 0 Å². The number of nitrogens with zero attached hydrogens (tertiary/aromatic N) is 3. The molecule has 0 bridgehead atoms. The predicted octanol–water partition coefficient (Wildman–Crippen LogP) is 2.79. The van der Waals surface area contributed by atoms with Gasteiger partial charge >= 0.3 is 0 Å². The maximum atomic E-state index is 7.93. The van der Waals surface area contributed by atoms with Crippen LogP contribution in [0.2, 0.25) is 0 Å². The van der Waals surface area contributed by atoms with Crippen LogP contribution in [0.25, 0.3) is 11.2 Å². The van der Waals surface area contributed by atoms with Crippen molar-refractivity contribution in [3.05, 3.63) is 65.1 Å². The number of nitrogens with one attached hydrogen (secondary N) is 2. The summed E-state index contributed by atoms with van der Waals surface area (Å²) in [5.74, 6) is 0. The Bertz CT molecular complexity index is 871. The lowest BCUT2D eigenvalue weighted by Crippen LogP contribution is -2.21. The summed E-state index contributed by atoms with van der Waals surface area (Å²) in [6.07, 6.45) is 3.35. The molecule has 0 saturated heterocycles. The van der Waals surface area contributed by atoms with E-state index in [1.807, 2.05) is 34.9 Å². The summed E-state index contributed by atoms with van der Waals surface area (Å²) in [5.41, 5.74) is 2.49. The highest BCUT2D eigenvalue weighted by Gasteiger charge is 2.18. The molecule has 0 aliphatic carbocycles. The summed E-state index contributed by atoms with van der Waals surface area (Å²) in [6.45, 7) is 4.61. The predicted molar refractivity (Wildman–Crippen MR) is 91.0 cm³/mol. The average Bonchev–Trinajstić information content (AvgIpc) is 2.96. The van der Waals surface area contributed by atoms with E-state index in [9.17, 15) is 0 Å². The smallest absolute Gasteiger partial charge is 0.177 e. The number of hydrogen-bond acceptors (Lipinski definition) is 4. The van der Waals surface area contributed by atoms with Crippen LogP contribution in [-0.2, 0) is 4.74 Å². The lowest BCUT2D eigenvalue weighted by molar-refractivity contribution is 0.138. The maximum Gasteiger partial charge on any atom is 0.177 e. The third kappa shape index (κ3) is 3.25. The molecule has 0 aliphatic rings. The second-order valence-corrected chi connectivity index (χ2v) is 5.73. The van der Waals surface area contributed by atoms with Crippen molar-refractivity contribution in [1.29, 1.82) is 5.41 Å². The van der Waals surface area contributed by atoms with Crippen molar-refractivity contribution < 1.29 is 4.74 Å². The van der Waals surface area contributed by atoms with Crippen LogP contribution < -0.4 is 5.49 Å². The third-order valence-electron chi connectivity index (χ3n) is 3.48. The van der Waals surface area contributed by atoms with Gasteiger partial charge in [-0.2, -0.15) is 0 Å². The Morgan fingerprint density at radius 3 is 2.91 bits per heavy atom. The maximum absolute atomic E-state index is 7.93. The summed E-state index contributed by atoms with van der Waals surface area (Å²) >= 11 is 3.33. The highest BCUT2D eigenvalue weighted by Crippen LogP contribution is 2.22. The van der Waals surface area contributed by atoms with Crippen LogP contribution in [0.4, 0.5) is 0 Å². The van der Waals surface area contributed by atoms with Crippen molar-refractivity contribution in [2.45, 2.75) is 6.04 Å². The van der Waals surface area contributed by atoms with E-state index >= 15 is 0 Å². The van der Waals surface area contributed by atoms with Gasteiger partial charge in [0.1, 0.15) is 5.52 Å². The summed E-state index contributed by atoms with van der Waals surface area (Å²) in [5, 5.41) is 7.93. The second kappa shape index (κ2) is 6.89. The Labute approximate surface area is 141 Å². The molecule has 1 aromatic carbocycles. The average molecular weight is 374 g/mol. The number of fused-ring (bicyclic) bond motifs is 1. The highest BCUT2D eigenvalue weighted by molar-refractivity contribution is 9.10. The van der Waals surface area contributed by atoms with Gasteiger partial charge in [-0.25, -0.2) is 9.97 Å². The minimum absolute atomic E-state index is 0.0954. The van der Waals surface area contributed by atoms with Crippen molar-refractivity contribution in [3.8, 4) is 0 Å². The fourth-order valence-corrected chi connectivity index (χ4v) is 2.80. The number of benzene rings is 1. The fraction of sp³-hybridized carbons (Fsp3) is 0.188. The van der Waals surface area contributed by atoms with Gasteiger partial charge in [0.2, 0.25) is 0 Å². The highest BCUT2D eigenvalue weighted by atomic mass is 79.9. The van der Waals surface area contributed by atoms with E-state index in [-0.39, 0.29) is 11.5 Å². The zero-order valence-corrected chi connectivity index (χ0v) is 14.0. The summed E-state index contributed by atoms with van der Waals surface area (Å²) in [7, 11) is 0. The van der Waals surface area contributed by atoms with E-state index in [1.165, 1.54) is 0 Å². The third-order valence-corrected chi connectivity index (χ3v) is 3.86. The van der Waals surface area contributed by atoms with Crippen LogP contribution in [0, 0.1) is 5.41 Å². The lowest BCUT2D eigenvalue weighted by Gasteiger charge is -2.21. The quantitative estimate of drug-likeness (QED) is 0.396. The van der Waals surface area contributed by atoms with Gasteiger partial charge in [-0.15, -0.1) is 6.58 Å². The molecule has 7 heteroatoms. The molecular formula is C16H16BrN5O. The Balaban J connectivity index is 2.11. The summed E-state index contributed by atoms with van der Waals surface area (Å²) < 4.78 is 8.17. The van der Waals surface area contributed by atoms with Crippen molar-refractivity contribution in [2.75, 3.05) is 13.2 Å². The first kappa shape index (κ1) is 15.6. The summed E-state index contributed by atoms with van der Waals surface area (Å²) in [4.78, 5) is 11.6. The first-order valence-corrected chi connectivity index (χ1v) is 7.90. The molecule has 0 saturated carbocycles. The van der Waals surface area contributed by atoms with Gasteiger partial charge in [0, 0.05) is 0 Å². The van der Waals surface area contributed by atoms with Crippen molar-refractivity contribution in [2.24, 2.45) is 0 Å². The van der Waals surface area contributed by atoms with E-state index in [0.29, 0.717) is 29.1 Å². The number of aromatic nitrogens is 4. The van der Waals surface area contributed by atoms with Crippen LogP contribution >= 0.6 is 15.9 Å². The number of aromatic amines is 1. The molecule has 2 N–H and O–H groups in total. The molecule has 0 radical (unpaired) electrons. The SMILES string of the molecule is C=CCOCC(c1ccccc1)n1cnc(=N)c2[nH]c(Br)nc21. The van der Waals surface area contributed by atoms with E-state index in [1.54, 1.807) is 12.4 Å². The Morgan fingerprint density at radius 2 is 2.17 bits per heavy atom. The number of imidazole rings is 1. The topological polar surface area (TPSA) is 79.6 Å². The van der Waals surface area contributed by atoms with Gasteiger partial charge in [0.25, 0.3) is 0 Å². The molecule has 0 amide bonds. The normalized spacial score (nSPS) is 12.4. The molecule has 118 valence electrons. The van der Waals surface area contributed by atoms with Gasteiger partial charge in [0.05, 0.1) is 25.6 Å². The largest absolute Gasteiger partial charge is 0.375 e. The van der Waals surface area contributed by atoms with Gasteiger partial charge in [-0.3, -0.25) is 5.41 Å². The molecule has 3 rings (SSSR count). The number of hydrogen-bond donors (Lipinski definition) is 2. The zero-order chi connectivity index (χ0) is 16.2. The molecule has 3 aromatic rings. The Morgan fingerprint density at radius 1 is 1.39 bits per heavy atom. The van der Waals surface area contributed by atoms with Gasteiger partial charge < -0.3 is 14.3 Å². The van der Waals surface area contributed by atoms with Crippen molar-refractivity contribution >= 4 is 27.1 Å². The number of ether oxygens (including phenoxy) is 1. The van der Waals surface area contributed by atoms with Gasteiger partial charge in [-0.1, -0.05) is 36.4 Å². The van der Waals surface area contributed by atoms with Gasteiger partial charge in [0.15, 0.2) is 15.9 Å². The Hall–Kier alpha value is -2.25. The minimum Gasteiger partial charge on any atom is -0.375 e. The number of halogens is 1. The molecule has 0 aliphatic heterocycles. The fourth-order valence-electron chi connectivity index (χ4n) is 2.43. The second-order valence-electron chi connectivity index (χ2n) is 4.98. The zero-order valence-electron chi connectivity index (χ0n) is 12.4. The van der Waals surface area contributed by atoms with Crippen molar-refractivity contribution in [3.63, 3.8) is 0 Å². The van der Waals surface area contributed by atoms with Crippen LogP contribution in [-0.4, -0.2) is 32.7 Å². The number of H-pyrrole nitrogens is 1. The van der Waals surface area contributed by atoms with E-state index in [4.69, 9.17) is 10.1 Å². The van der Waals surface area contributed by atoms with E-state index in [0.717, 1.165) is 5.56 Å².